The molecule has 5 nitrogen and oxygen atoms in total. The zero-order valence-electron chi connectivity index (χ0n) is 10.7. The highest BCUT2D eigenvalue weighted by Crippen LogP contribution is 2.21. The molecule has 3 N–H and O–H groups in total. The number of nitrogens with zero attached hydrogens (tertiary/aromatic N) is 2. The molecule has 0 unspecified atom stereocenters. The number of anilines is 2. The Bertz CT molecular complexity index is 606. The maximum Gasteiger partial charge on any atom is 0.258 e. The summed E-state index contributed by atoms with van der Waals surface area (Å²) in [5.41, 5.74) is 6.74. The first kappa shape index (κ1) is 13.6. The van der Waals surface area contributed by atoms with Crippen LogP contribution in [0.25, 0.3) is 0 Å². The normalized spacial score (nSPS) is 10.7. The van der Waals surface area contributed by atoms with Crippen molar-refractivity contribution in [3.8, 4) is 0 Å². The van der Waals surface area contributed by atoms with Crippen LogP contribution in [0.3, 0.4) is 0 Å². The molecule has 19 heavy (non-hydrogen) atoms. The Morgan fingerprint density at radius 3 is 2.84 bits per heavy atom. The van der Waals surface area contributed by atoms with Crippen LogP contribution in [0, 0.1) is 0 Å². The smallest absolute Gasteiger partial charge is 0.258 e. The molecule has 0 aliphatic heterocycles. The topological polar surface area (TPSA) is 72.9 Å². The van der Waals surface area contributed by atoms with Crippen LogP contribution in [0.15, 0.2) is 34.9 Å². The van der Waals surface area contributed by atoms with Crippen LogP contribution in [0.5, 0.6) is 0 Å². The second-order valence-electron chi connectivity index (χ2n) is 4.45. The lowest BCUT2D eigenvalue weighted by molar-refractivity contribution is 0.102. The minimum atomic E-state index is -0.221. The van der Waals surface area contributed by atoms with Crippen molar-refractivity contribution in [2.24, 2.45) is 0 Å². The molecule has 1 aromatic heterocycles. The molecule has 1 aromatic carbocycles. The molecule has 0 radical (unpaired) electrons. The Hall–Kier alpha value is -1.82. The Kier molecular flexibility index (Phi) is 3.90. The molecular formula is C13H15BrN4O. The second-order valence-corrected chi connectivity index (χ2v) is 5.30. The van der Waals surface area contributed by atoms with Gasteiger partial charge in [-0.1, -0.05) is 0 Å². The van der Waals surface area contributed by atoms with E-state index in [1.165, 1.54) is 0 Å². The number of halogens is 1. The first-order valence-electron chi connectivity index (χ1n) is 5.89. The van der Waals surface area contributed by atoms with Gasteiger partial charge in [-0.15, -0.1) is 0 Å². The number of aromatic nitrogens is 2. The lowest BCUT2D eigenvalue weighted by Gasteiger charge is -2.12. The molecule has 100 valence electrons. The summed E-state index contributed by atoms with van der Waals surface area (Å²) in [6.45, 7) is 4.00. The van der Waals surface area contributed by atoms with Crippen molar-refractivity contribution in [3.05, 3.63) is 40.5 Å². The van der Waals surface area contributed by atoms with E-state index in [9.17, 15) is 4.79 Å². The van der Waals surface area contributed by atoms with Crippen molar-refractivity contribution in [3.63, 3.8) is 0 Å². The molecule has 0 saturated heterocycles. The van der Waals surface area contributed by atoms with Gasteiger partial charge in [-0.25, -0.2) is 4.68 Å². The highest BCUT2D eigenvalue weighted by molar-refractivity contribution is 9.10. The summed E-state index contributed by atoms with van der Waals surface area (Å²) in [4.78, 5) is 12.2. The SMILES string of the molecule is CC(C)n1nccc1NC(=O)c1cc(N)ccc1Br. The van der Waals surface area contributed by atoms with Gasteiger partial charge in [0.15, 0.2) is 0 Å². The molecule has 1 heterocycles. The molecule has 0 aliphatic rings. The first-order chi connectivity index (χ1) is 8.99. The fraction of sp³-hybridized carbons (Fsp3) is 0.231. The Morgan fingerprint density at radius 1 is 1.42 bits per heavy atom. The van der Waals surface area contributed by atoms with Gasteiger partial charge in [0.1, 0.15) is 5.82 Å². The number of rotatable bonds is 3. The number of benzene rings is 1. The largest absolute Gasteiger partial charge is 0.399 e. The quantitative estimate of drug-likeness (QED) is 0.853. The van der Waals surface area contributed by atoms with Gasteiger partial charge in [0.2, 0.25) is 0 Å². The van der Waals surface area contributed by atoms with Gasteiger partial charge in [-0.05, 0) is 48.0 Å². The number of hydrogen-bond donors (Lipinski definition) is 2. The number of nitrogen functional groups attached to an aromatic ring is 1. The fourth-order valence-corrected chi connectivity index (χ4v) is 2.15. The molecule has 6 heteroatoms. The number of nitrogens with two attached hydrogens (primary N) is 1. The fourth-order valence-electron chi connectivity index (χ4n) is 1.73. The van der Waals surface area contributed by atoms with E-state index in [0.29, 0.717) is 21.5 Å². The van der Waals surface area contributed by atoms with Gasteiger partial charge in [0.05, 0.1) is 11.8 Å². The lowest BCUT2D eigenvalue weighted by Crippen LogP contribution is -2.17. The van der Waals surface area contributed by atoms with Gasteiger partial charge >= 0.3 is 0 Å². The first-order valence-corrected chi connectivity index (χ1v) is 6.68. The number of hydrogen-bond acceptors (Lipinski definition) is 3. The molecule has 0 saturated carbocycles. The monoisotopic (exact) mass is 322 g/mol. The zero-order chi connectivity index (χ0) is 14.0. The Balaban J connectivity index is 2.26. The Labute approximate surface area is 119 Å². The minimum absolute atomic E-state index is 0.176. The molecule has 0 fully saturated rings. The summed E-state index contributed by atoms with van der Waals surface area (Å²) in [5, 5.41) is 7.00. The third kappa shape index (κ3) is 2.96. The van der Waals surface area contributed by atoms with Crippen molar-refractivity contribution < 1.29 is 4.79 Å². The average Bonchev–Trinajstić information content (AvgIpc) is 2.80. The van der Waals surface area contributed by atoms with E-state index >= 15 is 0 Å². The Morgan fingerprint density at radius 2 is 2.16 bits per heavy atom. The summed E-state index contributed by atoms with van der Waals surface area (Å²) in [6, 6.07) is 7.06. The standard InChI is InChI=1S/C13H15BrN4O/c1-8(2)18-12(5-6-16-18)17-13(19)10-7-9(15)3-4-11(10)14/h3-8H,15H2,1-2H3,(H,17,19). The van der Waals surface area contributed by atoms with Crippen LogP contribution in [0.2, 0.25) is 0 Å². The molecular weight excluding hydrogens is 308 g/mol. The number of nitrogens with one attached hydrogen (secondary N) is 1. The molecule has 0 aliphatic carbocycles. The third-order valence-corrected chi connectivity index (χ3v) is 3.33. The molecule has 2 aromatic rings. The molecule has 1 amide bonds. The summed E-state index contributed by atoms with van der Waals surface area (Å²) in [7, 11) is 0. The summed E-state index contributed by atoms with van der Waals surface area (Å²) in [5.74, 6) is 0.441. The van der Waals surface area contributed by atoms with Crippen LogP contribution < -0.4 is 11.1 Å². The van der Waals surface area contributed by atoms with Crippen LogP contribution >= 0.6 is 15.9 Å². The van der Waals surface area contributed by atoms with Crippen LogP contribution in [0.1, 0.15) is 30.2 Å². The number of carbonyl (C=O) groups excluding carboxylic acids is 1. The van der Waals surface area contributed by atoms with E-state index in [0.717, 1.165) is 0 Å². The predicted molar refractivity (Wildman–Crippen MR) is 79.1 cm³/mol. The van der Waals surface area contributed by atoms with Crippen LogP contribution in [-0.2, 0) is 0 Å². The summed E-state index contributed by atoms with van der Waals surface area (Å²) in [6.07, 6.45) is 1.66. The van der Waals surface area contributed by atoms with E-state index in [4.69, 9.17) is 5.73 Å². The van der Waals surface area contributed by atoms with Gasteiger partial charge in [-0.3, -0.25) is 4.79 Å². The average molecular weight is 323 g/mol. The highest BCUT2D eigenvalue weighted by Gasteiger charge is 2.14. The number of carbonyl (C=O) groups is 1. The van der Waals surface area contributed by atoms with E-state index in [2.05, 4.69) is 26.3 Å². The van der Waals surface area contributed by atoms with Gasteiger partial charge in [0, 0.05) is 22.3 Å². The maximum atomic E-state index is 12.2. The highest BCUT2D eigenvalue weighted by atomic mass is 79.9. The summed E-state index contributed by atoms with van der Waals surface area (Å²) >= 11 is 3.34. The maximum absolute atomic E-state index is 12.2. The zero-order valence-corrected chi connectivity index (χ0v) is 12.3. The van der Waals surface area contributed by atoms with Crippen LogP contribution in [0.4, 0.5) is 11.5 Å². The van der Waals surface area contributed by atoms with Gasteiger partial charge in [-0.2, -0.15) is 5.10 Å². The second kappa shape index (κ2) is 5.44. The molecule has 0 spiro atoms. The molecule has 0 atom stereocenters. The van der Waals surface area contributed by atoms with Gasteiger partial charge < -0.3 is 11.1 Å². The minimum Gasteiger partial charge on any atom is -0.399 e. The van der Waals surface area contributed by atoms with Crippen molar-refractivity contribution in [2.75, 3.05) is 11.1 Å². The van der Waals surface area contributed by atoms with Crippen LogP contribution in [-0.4, -0.2) is 15.7 Å². The molecule has 2 rings (SSSR count). The predicted octanol–water partition coefficient (Wildman–Crippen LogP) is 3.06. The van der Waals surface area contributed by atoms with Crippen molar-refractivity contribution in [1.82, 2.24) is 9.78 Å². The van der Waals surface area contributed by atoms with E-state index in [1.807, 2.05) is 13.8 Å². The van der Waals surface area contributed by atoms with Crippen molar-refractivity contribution in [1.29, 1.82) is 0 Å². The van der Waals surface area contributed by atoms with E-state index in [-0.39, 0.29) is 11.9 Å². The van der Waals surface area contributed by atoms with E-state index < -0.39 is 0 Å². The summed E-state index contributed by atoms with van der Waals surface area (Å²) < 4.78 is 2.45. The number of amides is 1. The lowest BCUT2D eigenvalue weighted by atomic mass is 10.2. The van der Waals surface area contributed by atoms with Crippen molar-refractivity contribution in [2.45, 2.75) is 19.9 Å². The van der Waals surface area contributed by atoms with E-state index in [1.54, 1.807) is 35.1 Å². The van der Waals surface area contributed by atoms with Gasteiger partial charge in [0.25, 0.3) is 5.91 Å². The third-order valence-electron chi connectivity index (χ3n) is 2.64. The van der Waals surface area contributed by atoms with Crippen molar-refractivity contribution >= 4 is 33.3 Å². The molecule has 0 bridgehead atoms.